The highest BCUT2D eigenvalue weighted by Gasteiger charge is 1.95. The van der Waals surface area contributed by atoms with E-state index in [4.69, 9.17) is 12.1 Å². The van der Waals surface area contributed by atoms with Crippen molar-refractivity contribution in [1.29, 1.82) is 5.26 Å². The van der Waals surface area contributed by atoms with Crippen molar-refractivity contribution in [2.24, 2.45) is 0 Å². The van der Waals surface area contributed by atoms with Crippen molar-refractivity contribution in [2.75, 3.05) is 6.56 Å². The van der Waals surface area contributed by atoms with Crippen molar-refractivity contribution < 1.29 is 16.4 Å². The van der Waals surface area contributed by atoms with E-state index in [9.17, 15) is 4.79 Å². The number of nitrogens with zero attached hydrogens (tertiary/aromatic N) is 1. The van der Waals surface area contributed by atoms with E-state index in [0.717, 1.165) is 0 Å². The van der Waals surface area contributed by atoms with Gasteiger partial charge in [-0.2, -0.15) is 5.26 Å². The number of hydrogen-bond donors (Lipinski definition) is 0. The zero-order valence-electron chi connectivity index (χ0n) is 8.97. The monoisotopic (exact) mass is 118 g/mol. The van der Waals surface area contributed by atoms with Crippen LogP contribution in [0.2, 0.25) is 0 Å². The molecule has 0 rings (SSSR count). The fraction of sp³-hybridized carbons (Fsp3) is 0.600. The maximum absolute atomic E-state index is 10.6. The van der Waals surface area contributed by atoms with Gasteiger partial charge in [0, 0.05) is 4.11 Å². The van der Waals surface area contributed by atoms with Crippen molar-refractivity contribution in [3.05, 3.63) is 0 Å². The van der Waals surface area contributed by atoms with Crippen LogP contribution in [0, 0.1) is 11.3 Å². The minimum absolute atomic E-state index is 0.671. The van der Waals surface area contributed by atoms with Gasteiger partial charge >= 0.3 is 5.97 Å². The lowest BCUT2D eigenvalue weighted by Crippen LogP contribution is -2.01. The average Bonchev–Trinajstić information content (AvgIpc) is 1.83. The lowest BCUT2D eigenvalue weighted by Gasteiger charge is -1.92. The molecule has 3 heteroatoms. The molecular weight excluding hydrogens is 106 g/mol. The highest BCUT2D eigenvalue weighted by atomic mass is 16.5. The molecule has 0 fully saturated rings. The Morgan fingerprint density at radius 3 is 3.50 bits per heavy atom. The molecule has 0 aliphatic heterocycles. The SMILES string of the molecule is [2H]C([2H])([2H])C([2H])([2H])OC(=O)CC#N. The third kappa shape index (κ3) is 3.16. The molecule has 0 aliphatic rings. The summed E-state index contributed by atoms with van der Waals surface area (Å²) in [4.78, 5) is 10.6. The molecule has 0 bridgehead atoms. The van der Waals surface area contributed by atoms with Crippen LogP contribution in [0.4, 0.5) is 0 Å². The quantitative estimate of drug-likeness (QED) is 0.495. The molecule has 0 aromatic carbocycles. The first-order chi connectivity index (χ1) is 5.70. The van der Waals surface area contributed by atoms with Gasteiger partial charge in [-0.05, 0) is 6.85 Å². The Kier molecular flexibility index (Phi) is 1.06. The van der Waals surface area contributed by atoms with Crippen LogP contribution < -0.4 is 0 Å². The van der Waals surface area contributed by atoms with E-state index in [2.05, 4.69) is 4.74 Å². The van der Waals surface area contributed by atoms with Gasteiger partial charge in [-0.15, -0.1) is 0 Å². The summed E-state index contributed by atoms with van der Waals surface area (Å²) in [6.07, 6.45) is -0.671. The Morgan fingerprint density at radius 1 is 2.25 bits per heavy atom. The Morgan fingerprint density at radius 2 is 3.00 bits per heavy atom. The van der Waals surface area contributed by atoms with Crippen LogP contribution in [0.3, 0.4) is 0 Å². The summed E-state index contributed by atoms with van der Waals surface area (Å²) < 4.78 is 37.6. The minimum atomic E-state index is -3.04. The van der Waals surface area contributed by atoms with E-state index in [1.54, 1.807) is 0 Å². The normalized spacial score (nSPS) is 20.1. The van der Waals surface area contributed by atoms with Crippen molar-refractivity contribution in [3.8, 4) is 6.07 Å². The molecule has 0 spiro atoms. The van der Waals surface area contributed by atoms with E-state index < -0.39 is 25.8 Å². The number of esters is 1. The molecule has 0 aliphatic carbocycles. The Balaban J connectivity index is 4.36. The van der Waals surface area contributed by atoms with Crippen molar-refractivity contribution in [3.63, 3.8) is 0 Å². The molecule has 0 saturated carbocycles. The predicted octanol–water partition coefficient (Wildman–Crippen LogP) is 0.463. The van der Waals surface area contributed by atoms with Crippen molar-refractivity contribution in [2.45, 2.75) is 13.3 Å². The van der Waals surface area contributed by atoms with Gasteiger partial charge in [0.05, 0.1) is 15.4 Å². The van der Waals surface area contributed by atoms with Crippen molar-refractivity contribution >= 4 is 5.97 Å². The molecule has 0 saturated heterocycles. The van der Waals surface area contributed by atoms with E-state index in [0.29, 0.717) is 0 Å². The third-order valence-corrected chi connectivity index (χ3v) is 0.388. The molecule has 0 atom stereocenters. The number of carbonyl (C=O) groups excluding carboxylic acids is 1. The maximum Gasteiger partial charge on any atom is 0.320 e. The first-order valence-electron chi connectivity index (χ1n) is 4.29. The maximum atomic E-state index is 10.6. The molecule has 0 amide bonds. The van der Waals surface area contributed by atoms with Gasteiger partial charge in [0.1, 0.15) is 6.42 Å². The van der Waals surface area contributed by atoms with E-state index >= 15 is 0 Å². The smallest absolute Gasteiger partial charge is 0.320 e. The zero-order chi connectivity index (χ0) is 10.7. The lowest BCUT2D eigenvalue weighted by atomic mass is 10.5. The van der Waals surface area contributed by atoms with Gasteiger partial charge in [-0.25, -0.2) is 0 Å². The van der Waals surface area contributed by atoms with Gasteiger partial charge < -0.3 is 4.74 Å². The van der Waals surface area contributed by atoms with E-state index in [-0.39, 0.29) is 0 Å². The van der Waals surface area contributed by atoms with Gasteiger partial charge in [-0.3, -0.25) is 4.79 Å². The minimum Gasteiger partial charge on any atom is -0.465 e. The van der Waals surface area contributed by atoms with Crippen LogP contribution in [-0.4, -0.2) is 12.5 Å². The van der Waals surface area contributed by atoms with Crippen LogP contribution >= 0.6 is 0 Å². The van der Waals surface area contributed by atoms with Gasteiger partial charge in [-0.1, -0.05) is 0 Å². The van der Waals surface area contributed by atoms with Crippen LogP contribution in [0.25, 0.3) is 0 Å². The molecule has 8 heavy (non-hydrogen) atoms. The van der Waals surface area contributed by atoms with Gasteiger partial charge in [0.15, 0.2) is 0 Å². The van der Waals surface area contributed by atoms with Crippen LogP contribution in [0.5, 0.6) is 0 Å². The summed E-state index contributed by atoms with van der Waals surface area (Å²) in [5, 5.41) is 8.02. The summed E-state index contributed by atoms with van der Waals surface area (Å²) in [6.45, 7) is -6.08. The number of hydrogen-bond acceptors (Lipinski definition) is 3. The van der Waals surface area contributed by atoms with Gasteiger partial charge in [0.2, 0.25) is 0 Å². The van der Waals surface area contributed by atoms with Crippen LogP contribution in [0.1, 0.15) is 20.1 Å². The first kappa shape index (κ1) is 2.06. The predicted molar refractivity (Wildman–Crippen MR) is 26.9 cm³/mol. The Bertz CT molecular complexity index is 240. The fourth-order valence-electron chi connectivity index (χ4n) is 0.158. The number of nitriles is 1. The molecule has 0 heterocycles. The fourth-order valence-corrected chi connectivity index (χ4v) is 0.158. The second-order valence-corrected chi connectivity index (χ2v) is 0.911. The highest BCUT2D eigenvalue weighted by molar-refractivity contribution is 5.71. The first-order valence-corrected chi connectivity index (χ1v) is 1.79. The van der Waals surface area contributed by atoms with E-state index in [1.165, 1.54) is 6.07 Å². The van der Waals surface area contributed by atoms with Crippen molar-refractivity contribution in [1.82, 2.24) is 0 Å². The molecule has 44 valence electrons. The van der Waals surface area contributed by atoms with E-state index in [1.807, 2.05) is 0 Å². The largest absolute Gasteiger partial charge is 0.465 e. The molecule has 0 aromatic heterocycles. The average molecular weight is 118 g/mol. The molecule has 0 radical (unpaired) electrons. The van der Waals surface area contributed by atoms with Gasteiger partial charge in [0.25, 0.3) is 0 Å². The summed E-state index contributed by atoms with van der Waals surface area (Å²) in [5.41, 5.74) is 0. The molecule has 0 aromatic rings. The number of carbonyl (C=O) groups is 1. The van der Waals surface area contributed by atoms with Crippen LogP contribution in [0.15, 0.2) is 0 Å². The summed E-state index contributed by atoms with van der Waals surface area (Å²) in [6, 6.07) is 1.42. The highest BCUT2D eigenvalue weighted by Crippen LogP contribution is 1.81. The molecule has 0 N–H and O–H groups in total. The second kappa shape index (κ2) is 4.13. The zero-order valence-corrected chi connectivity index (χ0v) is 3.97. The molecule has 3 nitrogen and oxygen atoms in total. The Hall–Kier alpha value is -1.04. The number of rotatable bonds is 2. The summed E-state index contributed by atoms with van der Waals surface area (Å²) in [7, 11) is 0. The summed E-state index contributed by atoms with van der Waals surface area (Å²) in [5.74, 6) is -1.19. The second-order valence-electron chi connectivity index (χ2n) is 0.911. The topological polar surface area (TPSA) is 50.1 Å². The number of ether oxygens (including phenoxy) is 1. The third-order valence-electron chi connectivity index (χ3n) is 0.388. The molecular formula is C5H7NO2. The Labute approximate surface area is 54.9 Å². The standard InChI is InChI=1S/C5H7NO2/c1-2-8-5(7)3-4-6/h2-3H2,1H3/i1D3,2D2. The summed E-state index contributed by atoms with van der Waals surface area (Å²) >= 11 is 0. The molecule has 0 unspecified atom stereocenters. The van der Waals surface area contributed by atoms with Crippen LogP contribution in [-0.2, 0) is 9.53 Å². The lowest BCUT2D eigenvalue weighted by molar-refractivity contribution is -0.141.